The molecule has 3 aromatic heterocycles. The summed E-state index contributed by atoms with van der Waals surface area (Å²) in [5.41, 5.74) is 7.68. The van der Waals surface area contributed by atoms with E-state index in [1.165, 1.54) is 0 Å². The minimum atomic E-state index is 0.597. The van der Waals surface area contributed by atoms with Gasteiger partial charge in [0, 0.05) is 39.0 Å². The van der Waals surface area contributed by atoms with E-state index in [0.29, 0.717) is 17.5 Å². The highest BCUT2D eigenvalue weighted by Gasteiger charge is 2.15. The van der Waals surface area contributed by atoms with Crippen LogP contribution in [0.3, 0.4) is 0 Å². The second-order valence-corrected chi connectivity index (χ2v) is 11.2. The van der Waals surface area contributed by atoms with Crippen molar-refractivity contribution in [1.29, 1.82) is 0 Å². The summed E-state index contributed by atoms with van der Waals surface area (Å²) in [6, 6.07) is 47.7. The molecule has 0 aliphatic heterocycles. The average molecular weight is 577 g/mol. The van der Waals surface area contributed by atoms with E-state index in [0.717, 1.165) is 71.4 Å². The fourth-order valence-electron chi connectivity index (χ4n) is 6.04. The molecule has 3 heterocycles. The number of nitrogens with zero attached hydrogens (tertiary/aromatic N) is 4. The zero-order chi connectivity index (χ0) is 29.7. The molecular weight excluding hydrogens is 552 g/mol. The third-order valence-corrected chi connectivity index (χ3v) is 8.34. The van der Waals surface area contributed by atoms with Gasteiger partial charge in [-0.05, 0) is 70.4 Å². The predicted molar refractivity (Wildman–Crippen MR) is 182 cm³/mol. The van der Waals surface area contributed by atoms with Crippen LogP contribution in [0.2, 0.25) is 0 Å². The second-order valence-electron chi connectivity index (χ2n) is 11.2. The first-order valence-corrected chi connectivity index (χ1v) is 14.9. The molecule has 6 aromatic carbocycles. The molecule has 0 amide bonds. The molecule has 0 aliphatic carbocycles. The number of aromatic nitrogens is 4. The van der Waals surface area contributed by atoms with Crippen molar-refractivity contribution in [2.45, 2.75) is 0 Å². The fraction of sp³-hybridized carbons (Fsp3) is 0. The van der Waals surface area contributed by atoms with Gasteiger partial charge >= 0.3 is 0 Å². The van der Waals surface area contributed by atoms with Crippen LogP contribution in [0.5, 0.6) is 0 Å². The molecule has 0 aliphatic rings. The molecule has 0 saturated carbocycles. The Bertz CT molecular complexity index is 2550. The van der Waals surface area contributed by atoms with Crippen molar-refractivity contribution in [3.8, 4) is 45.3 Å². The molecule has 5 nitrogen and oxygen atoms in total. The Labute approximate surface area is 258 Å². The third-order valence-electron chi connectivity index (χ3n) is 8.34. The Balaban J connectivity index is 1.18. The molecular formula is C40H24N4O. The molecule has 210 valence electrons. The highest BCUT2D eigenvalue weighted by molar-refractivity contribution is 6.05. The van der Waals surface area contributed by atoms with Gasteiger partial charge in [-0.2, -0.15) is 0 Å². The summed E-state index contributed by atoms with van der Waals surface area (Å²) in [4.78, 5) is 19.4. The summed E-state index contributed by atoms with van der Waals surface area (Å²) in [7, 11) is 0. The van der Waals surface area contributed by atoms with Gasteiger partial charge in [0.15, 0.2) is 17.5 Å². The van der Waals surface area contributed by atoms with Crippen molar-refractivity contribution >= 4 is 43.6 Å². The highest BCUT2D eigenvalue weighted by Crippen LogP contribution is 2.33. The number of para-hydroxylation sites is 1. The molecule has 0 radical (unpaired) electrons. The first kappa shape index (κ1) is 25.3. The van der Waals surface area contributed by atoms with E-state index >= 15 is 0 Å². The summed E-state index contributed by atoms with van der Waals surface area (Å²) in [6.07, 6.45) is 1.83. The Morgan fingerprint density at radius 3 is 1.84 bits per heavy atom. The Kier molecular flexibility index (Phi) is 5.74. The standard InChI is InChI=1S/C40H24N4O/c1-2-7-26(8-3-1)38-42-39(44-40(43-38)31-16-18-34-33-10-4-5-11-36(33)45-37(34)24-31)30-15-13-25-12-14-27(22-32(25)23-30)28-17-19-35-29(21-28)9-6-20-41-35/h1-24H. The van der Waals surface area contributed by atoms with Gasteiger partial charge < -0.3 is 4.42 Å². The fourth-order valence-corrected chi connectivity index (χ4v) is 6.04. The quantitative estimate of drug-likeness (QED) is 0.209. The van der Waals surface area contributed by atoms with Crippen LogP contribution in [-0.4, -0.2) is 19.9 Å². The lowest BCUT2D eigenvalue weighted by molar-refractivity contribution is 0.669. The number of hydrogen-bond donors (Lipinski definition) is 0. The maximum Gasteiger partial charge on any atom is 0.164 e. The van der Waals surface area contributed by atoms with Gasteiger partial charge in [-0.15, -0.1) is 0 Å². The SMILES string of the molecule is c1ccc(-c2nc(-c3ccc4ccc(-c5ccc6ncccc6c5)cc4c3)nc(-c3ccc4c(c3)oc3ccccc34)n2)cc1. The molecule has 0 saturated heterocycles. The van der Waals surface area contributed by atoms with Gasteiger partial charge in [0.25, 0.3) is 0 Å². The lowest BCUT2D eigenvalue weighted by Crippen LogP contribution is -2.00. The van der Waals surface area contributed by atoms with Crippen LogP contribution in [-0.2, 0) is 0 Å². The molecule has 0 unspecified atom stereocenters. The van der Waals surface area contributed by atoms with Gasteiger partial charge in [-0.3, -0.25) is 4.98 Å². The lowest BCUT2D eigenvalue weighted by atomic mass is 9.98. The second kappa shape index (κ2) is 10.2. The number of fused-ring (bicyclic) bond motifs is 5. The van der Waals surface area contributed by atoms with Gasteiger partial charge in [0.2, 0.25) is 0 Å². The smallest absolute Gasteiger partial charge is 0.164 e. The van der Waals surface area contributed by atoms with Crippen LogP contribution in [0.4, 0.5) is 0 Å². The molecule has 0 N–H and O–H groups in total. The highest BCUT2D eigenvalue weighted by atomic mass is 16.3. The summed E-state index contributed by atoms with van der Waals surface area (Å²) < 4.78 is 6.19. The Hall–Kier alpha value is -6.20. The molecule has 0 fully saturated rings. The van der Waals surface area contributed by atoms with Gasteiger partial charge in [-0.1, -0.05) is 91.0 Å². The first-order chi connectivity index (χ1) is 22.2. The zero-order valence-electron chi connectivity index (χ0n) is 24.1. The topological polar surface area (TPSA) is 64.7 Å². The van der Waals surface area contributed by atoms with E-state index in [4.69, 9.17) is 19.4 Å². The Morgan fingerprint density at radius 1 is 0.378 bits per heavy atom. The average Bonchev–Trinajstić information content (AvgIpc) is 3.49. The molecule has 0 bridgehead atoms. The Morgan fingerprint density at radius 2 is 1.00 bits per heavy atom. The third kappa shape index (κ3) is 4.50. The summed E-state index contributed by atoms with van der Waals surface area (Å²) in [5, 5.41) is 5.55. The predicted octanol–water partition coefficient (Wildman–Crippen LogP) is 10.1. The van der Waals surface area contributed by atoms with Gasteiger partial charge in [0.05, 0.1) is 5.52 Å². The van der Waals surface area contributed by atoms with Crippen molar-refractivity contribution in [3.63, 3.8) is 0 Å². The number of benzene rings is 6. The summed E-state index contributed by atoms with van der Waals surface area (Å²) in [5.74, 6) is 1.84. The van der Waals surface area contributed by atoms with E-state index in [-0.39, 0.29) is 0 Å². The summed E-state index contributed by atoms with van der Waals surface area (Å²) in [6.45, 7) is 0. The van der Waals surface area contributed by atoms with Crippen molar-refractivity contribution in [2.75, 3.05) is 0 Å². The number of furan rings is 1. The first-order valence-electron chi connectivity index (χ1n) is 14.9. The van der Waals surface area contributed by atoms with E-state index in [1.54, 1.807) is 0 Å². The molecule has 0 spiro atoms. The van der Waals surface area contributed by atoms with E-state index in [9.17, 15) is 0 Å². The zero-order valence-corrected chi connectivity index (χ0v) is 24.1. The number of rotatable bonds is 4. The molecule has 45 heavy (non-hydrogen) atoms. The van der Waals surface area contributed by atoms with Crippen LogP contribution in [0.1, 0.15) is 0 Å². The van der Waals surface area contributed by atoms with Crippen LogP contribution in [0.25, 0.3) is 88.9 Å². The lowest BCUT2D eigenvalue weighted by Gasteiger charge is -2.10. The number of pyridine rings is 1. The monoisotopic (exact) mass is 576 g/mol. The van der Waals surface area contributed by atoms with Crippen LogP contribution in [0, 0.1) is 0 Å². The van der Waals surface area contributed by atoms with Crippen molar-refractivity contribution in [3.05, 3.63) is 146 Å². The summed E-state index contributed by atoms with van der Waals surface area (Å²) >= 11 is 0. The molecule has 9 aromatic rings. The van der Waals surface area contributed by atoms with Crippen LogP contribution >= 0.6 is 0 Å². The number of hydrogen-bond acceptors (Lipinski definition) is 5. The molecule has 9 rings (SSSR count). The van der Waals surface area contributed by atoms with Crippen LogP contribution in [0.15, 0.2) is 150 Å². The van der Waals surface area contributed by atoms with Crippen molar-refractivity contribution in [2.24, 2.45) is 0 Å². The van der Waals surface area contributed by atoms with Gasteiger partial charge in [-0.25, -0.2) is 15.0 Å². The van der Waals surface area contributed by atoms with Crippen molar-refractivity contribution < 1.29 is 4.42 Å². The largest absolute Gasteiger partial charge is 0.456 e. The molecule has 5 heteroatoms. The van der Waals surface area contributed by atoms with E-state index in [1.807, 2.05) is 66.9 Å². The van der Waals surface area contributed by atoms with Gasteiger partial charge in [0.1, 0.15) is 11.2 Å². The maximum absolute atomic E-state index is 6.19. The minimum Gasteiger partial charge on any atom is -0.456 e. The normalized spacial score (nSPS) is 11.6. The van der Waals surface area contributed by atoms with Crippen LogP contribution < -0.4 is 0 Å². The molecule has 0 atom stereocenters. The van der Waals surface area contributed by atoms with E-state index < -0.39 is 0 Å². The van der Waals surface area contributed by atoms with Crippen molar-refractivity contribution in [1.82, 2.24) is 19.9 Å². The minimum absolute atomic E-state index is 0.597. The van der Waals surface area contributed by atoms with E-state index in [2.05, 4.69) is 83.8 Å². The maximum atomic E-state index is 6.19.